The quantitative estimate of drug-likeness (QED) is 0.315. The molecule has 0 atom stereocenters. The number of rotatable bonds is 9. The van der Waals surface area contributed by atoms with Crippen molar-refractivity contribution in [3.63, 3.8) is 0 Å². The van der Waals surface area contributed by atoms with Gasteiger partial charge in [-0.2, -0.15) is 0 Å². The Morgan fingerprint density at radius 1 is 1.12 bits per heavy atom. The van der Waals surface area contributed by atoms with Crippen LogP contribution in [0.15, 0.2) is 29.2 Å². The van der Waals surface area contributed by atoms with Crippen LogP contribution in [-0.4, -0.2) is 50.7 Å². The van der Waals surface area contributed by atoms with Crippen molar-refractivity contribution in [2.45, 2.75) is 11.8 Å². The van der Waals surface area contributed by atoms with E-state index >= 15 is 0 Å². The van der Waals surface area contributed by atoms with Crippen LogP contribution in [-0.2, 0) is 24.4 Å². The van der Waals surface area contributed by atoms with Gasteiger partial charge in [0, 0.05) is 25.7 Å². The van der Waals surface area contributed by atoms with Gasteiger partial charge in [-0.05, 0) is 18.2 Å². The molecule has 0 unspecified atom stereocenters. The van der Waals surface area contributed by atoms with Gasteiger partial charge in [0.25, 0.3) is 0 Å². The molecule has 0 heterocycles. The number of amides is 2. The van der Waals surface area contributed by atoms with Crippen molar-refractivity contribution in [3.05, 3.63) is 24.3 Å². The molecule has 138 valence electrons. The molecule has 25 heavy (non-hydrogen) atoms. The summed E-state index contributed by atoms with van der Waals surface area (Å²) in [7, 11) is -3.83. The molecule has 11 heteroatoms. The molecule has 0 saturated carbocycles. The maximum absolute atomic E-state index is 12.0. The smallest absolute Gasteiger partial charge is 0.241 e. The minimum atomic E-state index is -3.83. The Kier molecular flexibility index (Phi) is 8.38. The van der Waals surface area contributed by atoms with Crippen LogP contribution in [0.4, 0.5) is 5.69 Å². The fourth-order valence-corrected chi connectivity index (χ4v) is 3.08. The lowest BCUT2D eigenvalue weighted by atomic mass is 10.3. The van der Waals surface area contributed by atoms with Crippen molar-refractivity contribution in [1.29, 1.82) is 0 Å². The number of hydrogen-bond acceptors (Lipinski definition) is 7. The van der Waals surface area contributed by atoms with E-state index in [0.717, 1.165) is 11.8 Å². The first-order chi connectivity index (χ1) is 11.7. The summed E-state index contributed by atoms with van der Waals surface area (Å²) in [5, 5.41) is 4.82. The lowest BCUT2D eigenvalue weighted by Gasteiger charge is -2.09. The second-order valence-electron chi connectivity index (χ2n) is 4.88. The summed E-state index contributed by atoms with van der Waals surface area (Å²) >= 11 is 0.890. The van der Waals surface area contributed by atoms with Crippen molar-refractivity contribution in [1.82, 2.24) is 15.4 Å². The maximum atomic E-state index is 12.0. The number of anilines is 1. The molecular formula is C14H20N4O5S2. The van der Waals surface area contributed by atoms with E-state index in [2.05, 4.69) is 15.4 Å². The largest absolute Gasteiger partial charge is 0.399 e. The number of sulfonamides is 1. The van der Waals surface area contributed by atoms with Gasteiger partial charge in [0.15, 0.2) is 5.12 Å². The molecular weight excluding hydrogens is 368 g/mol. The van der Waals surface area contributed by atoms with Crippen molar-refractivity contribution in [2.24, 2.45) is 0 Å². The third kappa shape index (κ3) is 8.52. The second kappa shape index (κ2) is 10.0. The minimum Gasteiger partial charge on any atom is -0.399 e. The molecule has 2 amide bonds. The van der Waals surface area contributed by atoms with E-state index in [1.807, 2.05) is 0 Å². The average molecular weight is 388 g/mol. The van der Waals surface area contributed by atoms with E-state index in [1.54, 1.807) is 6.07 Å². The zero-order valence-corrected chi connectivity index (χ0v) is 15.2. The highest BCUT2D eigenvalue weighted by atomic mass is 32.2. The molecule has 1 aromatic rings. The second-order valence-corrected chi connectivity index (χ2v) is 7.80. The number of carbonyl (C=O) groups excluding carboxylic acids is 3. The van der Waals surface area contributed by atoms with Crippen molar-refractivity contribution in [2.75, 3.05) is 31.1 Å². The fraction of sp³-hybridized carbons (Fsp3) is 0.357. The molecule has 0 aliphatic carbocycles. The van der Waals surface area contributed by atoms with E-state index in [1.165, 1.54) is 25.1 Å². The third-order valence-electron chi connectivity index (χ3n) is 2.77. The van der Waals surface area contributed by atoms with Gasteiger partial charge in [0.05, 0.1) is 17.2 Å². The molecule has 0 fully saturated rings. The van der Waals surface area contributed by atoms with E-state index in [0.29, 0.717) is 5.69 Å². The Hall–Kier alpha value is -2.11. The first kappa shape index (κ1) is 20.9. The zero-order chi connectivity index (χ0) is 18.9. The standard InChI is InChI=1S/C14H20N4O5S2/c1-10(19)24-9-14(21)17-6-5-16-13(20)8-18-25(22,23)12-4-2-3-11(15)7-12/h2-4,7,18H,5-6,8-9,15H2,1H3,(H,16,20)(H,17,21). The molecule has 0 aromatic heterocycles. The average Bonchev–Trinajstić information content (AvgIpc) is 2.55. The molecule has 0 bridgehead atoms. The summed E-state index contributed by atoms with van der Waals surface area (Å²) in [6, 6.07) is 5.70. The van der Waals surface area contributed by atoms with Crippen molar-refractivity contribution < 1.29 is 22.8 Å². The highest BCUT2D eigenvalue weighted by molar-refractivity contribution is 8.14. The lowest BCUT2D eigenvalue weighted by Crippen LogP contribution is -2.40. The first-order valence-electron chi connectivity index (χ1n) is 7.22. The predicted octanol–water partition coefficient (Wildman–Crippen LogP) is -0.941. The van der Waals surface area contributed by atoms with Gasteiger partial charge in [-0.3, -0.25) is 14.4 Å². The van der Waals surface area contributed by atoms with Gasteiger partial charge in [0.2, 0.25) is 21.8 Å². The summed E-state index contributed by atoms with van der Waals surface area (Å²) in [6.45, 7) is 1.23. The first-order valence-corrected chi connectivity index (χ1v) is 9.69. The monoisotopic (exact) mass is 388 g/mol. The normalized spacial score (nSPS) is 10.9. The van der Waals surface area contributed by atoms with E-state index < -0.39 is 22.5 Å². The van der Waals surface area contributed by atoms with E-state index in [-0.39, 0.29) is 34.8 Å². The van der Waals surface area contributed by atoms with E-state index in [9.17, 15) is 22.8 Å². The molecule has 0 aliphatic heterocycles. The SMILES string of the molecule is CC(=O)SCC(=O)NCCNC(=O)CNS(=O)(=O)c1cccc(N)c1. The maximum Gasteiger partial charge on any atom is 0.241 e. The number of nitrogens with one attached hydrogen (secondary N) is 3. The predicted molar refractivity (Wildman–Crippen MR) is 95.2 cm³/mol. The molecule has 1 aromatic carbocycles. The molecule has 1 rings (SSSR count). The Morgan fingerprint density at radius 2 is 1.76 bits per heavy atom. The van der Waals surface area contributed by atoms with Crippen LogP contribution in [0, 0.1) is 0 Å². The Bertz CT molecular complexity index is 736. The number of hydrogen-bond donors (Lipinski definition) is 4. The highest BCUT2D eigenvalue weighted by Crippen LogP contribution is 2.12. The zero-order valence-electron chi connectivity index (χ0n) is 13.6. The third-order valence-corrected chi connectivity index (χ3v) is 4.98. The molecule has 5 N–H and O–H groups in total. The topological polar surface area (TPSA) is 147 Å². The van der Waals surface area contributed by atoms with Crippen LogP contribution in [0.3, 0.4) is 0 Å². The highest BCUT2D eigenvalue weighted by Gasteiger charge is 2.15. The van der Waals surface area contributed by atoms with Gasteiger partial charge in [-0.1, -0.05) is 17.8 Å². The Morgan fingerprint density at radius 3 is 2.36 bits per heavy atom. The van der Waals surface area contributed by atoms with Crippen LogP contribution >= 0.6 is 11.8 Å². The molecule has 0 aliphatic rings. The van der Waals surface area contributed by atoms with Gasteiger partial charge in [0.1, 0.15) is 0 Å². The fourth-order valence-electron chi connectivity index (χ4n) is 1.61. The molecule has 9 nitrogen and oxygen atoms in total. The molecule has 0 saturated heterocycles. The summed E-state index contributed by atoms with van der Waals surface area (Å²) in [5.41, 5.74) is 5.83. The minimum absolute atomic E-state index is 0.0171. The summed E-state index contributed by atoms with van der Waals surface area (Å²) < 4.78 is 26.2. The summed E-state index contributed by atoms with van der Waals surface area (Å²) in [4.78, 5) is 33.6. The van der Waals surface area contributed by atoms with Gasteiger partial charge >= 0.3 is 0 Å². The summed E-state index contributed by atoms with van der Waals surface area (Å²) in [6.07, 6.45) is 0. The Labute approximate surface area is 150 Å². The van der Waals surface area contributed by atoms with Crippen LogP contribution in [0.25, 0.3) is 0 Å². The van der Waals surface area contributed by atoms with Gasteiger partial charge < -0.3 is 16.4 Å². The van der Waals surface area contributed by atoms with Crippen LogP contribution in [0.2, 0.25) is 0 Å². The number of benzene rings is 1. The number of carbonyl (C=O) groups is 3. The number of nitrogens with two attached hydrogens (primary N) is 1. The number of nitrogen functional groups attached to an aromatic ring is 1. The van der Waals surface area contributed by atoms with Gasteiger partial charge in [-0.25, -0.2) is 13.1 Å². The molecule has 0 radical (unpaired) electrons. The molecule has 0 spiro atoms. The van der Waals surface area contributed by atoms with Crippen LogP contribution < -0.4 is 21.1 Å². The van der Waals surface area contributed by atoms with Crippen LogP contribution in [0.5, 0.6) is 0 Å². The Balaban J connectivity index is 2.29. The van der Waals surface area contributed by atoms with Crippen molar-refractivity contribution in [3.8, 4) is 0 Å². The lowest BCUT2D eigenvalue weighted by molar-refractivity contribution is -0.121. The van der Waals surface area contributed by atoms with Gasteiger partial charge in [-0.15, -0.1) is 0 Å². The number of thioether (sulfide) groups is 1. The van der Waals surface area contributed by atoms with Crippen LogP contribution in [0.1, 0.15) is 6.92 Å². The summed E-state index contributed by atoms with van der Waals surface area (Å²) in [5.74, 6) is -0.847. The van der Waals surface area contributed by atoms with E-state index in [4.69, 9.17) is 5.73 Å². The van der Waals surface area contributed by atoms with Crippen molar-refractivity contribution >= 4 is 44.4 Å².